The number of benzene rings is 2. The van der Waals surface area contributed by atoms with Crippen LogP contribution in [0.5, 0.6) is 0 Å². The van der Waals surface area contributed by atoms with Crippen LogP contribution in [0.2, 0.25) is 0 Å². The molecule has 0 unspecified atom stereocenters. The van der Waals surface area contributed by atoms with Gasteiger partial charge in [0.05, 0.1) is 6.04 Å². The molecule has 6 nitrogen and oxygen atoms in total. The molecule has 2 aliphatic rings. The van der Waals surface area contributed by atoms with Gasteiger partial charge < -0.3 is 10.2 Å². The first-order valence-electron chi connectivity index (χ1n) is 10.5. The first kappa shape index (κ1) is 19.9. The van der Waals surface area contributed by atoms with Crippen molar-refractivity contribution >= 4 is 23.2 Å². The molecule has 0 aliphatic carbocycles. The third-order valence-corrected chi connectivity index (χ3v) is 6.76. The summed E-state index contributed by atoms with van der Waals surface area (Å²) in [6.07, 6.45) is 2.51. The predicted molar refractivity (Wildman–Crippen MR) is 120 cm³/mol. The Morgan fingerprint density at radius 2 is 1.68 bits per heavy atom. The number of carbonyl (C=O) groups excluding carboxylic acids is 2. The molecule has 158 valence electrons. The largest absolute Gasteiger partial charge is 0.345 e. The monoisotopic (exact) mass is 432 g/mol. The maximum atomic E-state index is 12.8. The van der Waals surface area contributed by atoms with Gasteiger partial charge in [-0.15, -0.1) is 11.3 Å². The summed E-state index contributed by atoms with van der Waals surface area (Å²) in [7, 11) is 0. The smallest absolute Gasteiger partial charge is 0.280 e. The van der Waals surface area contributed by atoms with E-state index in [1.165, 1.54) is 22.5 Å². The van der Waals surface area contributed by atoms with Crippen LogP contribution in [0.1, 0.15) is 31.3 Å². The van der Waals surface area contributed by atoms with Gasteiger partial charge in [0.1, 0.15) is 0 Å². The number of nitrogens with one attached hydrogen (secondary N) is 1. The Balaban J connectivity index is 1.07. The van der Waals surface area contributed by atoms with Crippen LogP contribution in [0.4, 0.5) is 0 Å². The molecular formula is C24H24N4O2S. The van der Waals surface area contributed by atoms with Crippen LogP contribution in [0.15, 0.2) is 66.2 Å². The zero-order chi connectivity index (χ0) is 21.2. The van der Waals surface area contributed by atoms with Crippen LogP contribution >= 0.6 is 11.3 Å². The molecule has 5 rings (SSSR count). The minimum atomic E-state index is -0.0965. The average molecular weight is 433 g/mol. The molecule has 3 heterocycles. The molecule has 3 aromatic rings. The molecular weight excluding hydrogens is 408 g/mol. The Morgan fingerprint density at radius 1 is 0.968 bits per heavy atom. The van der Waals surface area contributed by atoms with Gasteiger partial charge in [-0.1, -0.05) is 42.5 Å². The lowest BCUT2D eigenvalue weighted by atomic mass is 9.98. The summed E-state index contributed by atoms with van der Waals surface area (Å²) in [4.78, 5) is 33.1. The number of amides is 2. The van der Waals surface area contributed by atoms with Gasteiger partial charge in [-0.2, -0.15) is 0 Å². The van der Waals surface area contributed by atoms with Crippen LogP contribution in [0.25, 0.3) is 0 Å². The maximum absolute atomic E-state index is 12.8. The van der Waals surface area contributed by atoms with Gasteiger partial charge in [0, 0.05) is 49.4 Å². The molecule has 1 aromatic heterocycles. The first-order chi connectivity index (χ1) is 15.2. The zero-order valence-electron chi connectivity index (χ0n) is 17.1. The second-order valence-electron chi connectivity index (χ2n) is 8.18. The fourth-order valence-electron chi connectivity index (χ4n) is 4.12. The summed E-state index contributed by atoms with van der Waals surface area (Å²) in [5, 5.41) is 5.33. The van der Waals surface area contributed by atoms with Crippen molar-refractivity contribution in [3.8, 4) is 0 Å². The van der Waals surface area contributed by atoms with E-state index in [0.717, 1.165) is 38.2 Å². The summed E-state index contributed by atoms with van der Waals surface area (Å²) in [5.74, 6) is -0.00238. The third-order valence-electron chi connectivity index (χ3n) is 5.99. The average Bonchev–Trinajstić information content (AvgIpc) is 3.27. The van der Waals surface area contributed by atoms with Gasteiger partial charge in [-0.25, -0.2) is 4.98 Å². The van der Waals surface area contributed by atoms with Crippen LogP contribution in [-0.4, -0.2) is 64.9 Å². The van der Waals surface area contributed by atoms with E-state index in [4.69, 9.17) is 0 Å². The lowest BCUT2D eigenvalue weighted by molar-refractivity contribution is -0.00941. The van der Waals surface area contributed by atoms with E-state index >= 15 is 0 Å². The Hall–Kier alpha value is -3.03. The van der Waals surface area contributed by atoms with Crippen molar-refractivity contribution in [3.63, 3.8) is 0 Å². The number of carbonyl (C=O) groups is 2. The van der Waals surface area contributed by atoms with E-state index < -0.39 is 0 Å². The molecule has 0 bridgehead atoms. The van der Waals surface area contributed by atoms with Gasteiger partial charge in [0.15, 0.2) is 5.01 Å². The van der Waals surface area contributed by atoms with E-state index in [9.17, 15) is 9.59 Å². The number of hydrogen-bond donors (Lipinski definition) is 1. The molecule has 1 N–H and O–H groups in total. The highest BCUT2D eigenvalue weighted by molar-refractivity contribution is 7.11. The quantitative estimate of drug-likeness (QED) is 0.651. The van der Waals surface area contributed by atoms with Crippen molar-refractivity contribution in [3.05, 3.63) is 87.9 Å². The molecule has 31 heavy (non-hydrogen) atoms. The number of nitrogens with zero attached hydrogens (tertiary/aromatic N) is 3. The fourth-order valence-corrected chi connectivity index (χ4v) is 4.65. The normalized spacial score (nSPS) is 17.1. The van der Waals surface area contributed by atoms with E-state index in [1.54, 1.807) is 11.6 Å². The zero-order valence-corrected chi connectivity index (χ0v) is 17.9. The van der Waals surface area contributed by atoms with Crippen LogP contribution in [-0.2, 0) is 6.42 Å². The van der Waals surface area contributed by atoms with Crippen molar-refractivity contribution in [2.45, 2.75) is 18.5 Å². The fraction of sp³-hybridized carbons (Fsp3) is 0.292. The second-order valence-corrected chi connectivity index (χ2v) is 9.08. The standard InChI is InChI=1S/C24H24N4O2S/c29-22(23-25-10-11-31-23)26-20-13-27(14-20)21-15-28(16-21)24(30)19-8-6-18(7-9-19)12-17-4-2-1-3-5-17/h1-11,20-21H,12-16H2,(H,26,29). The van der Waals surface area contributed by atoms with E-state index in [-0.39, 0.29) is 17.9 Å². The lowest BCUT2D eigenvalue weighted by Gasteiger charge is -2.51. The minimum Gasteiger partial charge on any atom is -0.345 e. The topological polar surface area (TPSA) is 65.5 Å². The van der Waals surface area contributed by atoms with Crippen LogP contribution in [0, 0.1) is 0 Å². The maximum Gasteiger partial charge on any atom is 0.280 e. The highest BCUT2D eigenvalue weighted by Gasteiger charge is 2.41. The van der Waals surface area contributed by atoms with Crippen LogP contribution in [0.3, 0.4) is 0 Å². The Bertz CT molecular complexity index is 1040. The van der Waals surface area contributed by atoms with E-state index in [0.29, 0.717) is 11.0 Å². The molecule has 0 radical (unpaired) electrons. The van der Waals surface area contributed by atoms with Crippen LogP contribution < -0.4 is 5.32 Å². The van der Waals surface area contributed by atoms with Gasteiger partial charge in [0.2, 0.25) is 0 Å². The number of hydrogen-bond acceptors (Lipinski definition) is 5. The van der Waals surface area contributed by atoms with Crippen molar-refractivity contribution in [2.75, 3.05) is 26.2 Å². The number of aromatic nitrogens is 1. The Labute approximate surface area is 185 Å². The van der Waals surface area contributed by atoms with Crippen molar-refractivity contribution in [1.82, 2.24) is 20.1 Å². The lowest BCUT2D eigenvalue weighted by Crippen LogP contribution is -2.70. The van der Waals surface area contributed by atoms with Gasteiger partial charge in [0.25, 0.3) is 11.8 Å². The Kier molecular flexibility index (Phi) is 5.53. The van der Waals surface area contributed by atoms with Crippen molar-refractivity contribution < 1.29 is 9.59 Å². The number of rotatable bonds is 6. The molecule has 2 fully saturated rings. The summed E-state index contributed by atoms with van der Waals surface area (Å²) >= 11 is 1.35. The van der Waals surface area contributed by atoms with Gasteiger partial charge in [-0.05, 0) is 29.7 Å². The summed E-state index contributed by atoms with van der Waals surface area (Å²) in [5.41, 5.74) is 3.21. The highest BCUT2D eigenvalue weighted by atomic mass is 32.1. The van der Waals surface area contributed by atoms with Crippen molar-refractivity contribution in [2.24, 2.45) is 0 Å². The van der Waals surface area contributed by atoms with E-state index in [2.05, 4.69) is 27.3 Å². The molecule has 0 spiro atoms. The molecule has 2 aliphatic heterocycles. The minimum absolute atomic E-state index is 0.0941. The molecule has 0 atom stereocenters. The molecule has 2 saturated heterocycles. The SMILES string of the molecule is O=C(NC1CN(C2CN(C(=O)c3ccc(Cc4ccccc4)cc3)C2)C1)c1nccs1. The number of likely N-dealkylation sites (tertiary alicyclic amines) is 2. The van der Waals surface area contributed by atoms with Gasteiger partial charge in [-0.3, -0.25) is 14.5 Å². The highest BCUT2D eigenvalue weighted by Crippen LogP contribution is 2.23. The summed E-state index contributed by atoms with van der Waals surface area (Å²) in [6, 6.07) is 18.8. The van der Waals surface area contributed by atoms with Gasteiger partial charge >= 0.3 is 0 Å². The molecule has 0 saturated carbocycles. The van der Waals surface area contributed by atoms with Crippen molar-refractivity contribution in [1.29, 1.82) is 0 Å². The summed E-state index contributed by atoms with van der Waals surface area (Å²) in [6.45, 7) is 3.16. The second kappa shape index (κ2) is 8.61. The predicted octanol–water partition coefficient (Wildman–Crippen LogP) is 2.67. The third kappa shape index (κ3) is 4.38. The number of thiazole rings is 1. The molecule has 7 heteroatoms. The molecule has 2 aromatic carbocycles. The molecule has 2 amide bonds. The first-order valence-corrected chi connectivity index (χ1v) is 11.4. The Morgan fingerprint density at radius 3 is 2.35 bits per heavy atom. The summed E-state index contributed by atoms with van der Waals surface area (Å²) < 4.78 is 0. The van der Waals surface area contributed by atoms with E-state index in [1.807, 2.05) is 47.4 Å².